The molecule has 0 radical (unpaired) electrons. The SMILES string of the molecule is Nc1cc(OC(F)F)c([N+](=O)[O-])cc1F. The molecule has 1 aromatic carbocycles. The number of anilines is 1. The van der Waals surface area contributed by atoms with Gasteiger partial charge in [0.05, 0.1) is 16.7 Å². The third kappa shape index (κ3) is 2.48. The molecule has 1 aromatic rings. The van der Waals surface area contributed by atoms with Crippen molar-refractivity contribution in [2.45, 2.75) is 6.61 Å². The van der Waals surface area contributed by atoms with E-state index in [4.69, 9.17) is 5.73 Å². The number of nitrogen functional groups attached to an aromatic ring is 1. The van der Waals surface area contributed by atoms with Crippen molar-refractivity contribution in [3.8, 4) is 5.75 Å². The van der Waals surface area contributed by atoms with Gasteiger partial charge in [0.1, 0.15) is 0 Å². The fraction of sp³-hybridized carbons (Fsp3) is 0.143. The minimum atomic E-state index is -3.24. The maximum absolute atomic E-state index is 12.8. The molecule has 5 nitrogen and oxygen atoms in total. The van der Waals surface area contributed by atoms with Crippen LogP contribution in [-0.2, 0) is 0 Å². The average Bonchev–Trinajstić information content (AvgIpc) is 2.09. The van der Waals surface area contributed by atoms with E-state index in [0.717, 1.165) is 0 Å². The van der Waals surface area contributed by atoms with Crippen LogP contribution in [0, 0.1) is 15.9 Å². The zero-order chi connectivity index (χ0) is 11.6. The number of alkyl halides is 2. The molecule has 0 bridgehead atoms. The Balaban J connectivity index is 3.22. The Hall–Kier alpha value is -1.99. The van der Waals surface area contributed by atoms with Crippen molar-refractivity contribution in [2.75, 3.05) is 5.73 Å². The van der Waals surface area contributed by atoms with Crippen molar-refractivity contribution < 1.29 is 22.8 Å². The number of rotatable bonds is 3. The predicted molar refractivity (Wildman–Crippen MR) is 44.1 cm³/mol. The Labute approximate surface area is 81.4 Å². The first kappa shape index (κ1) is 11.1. The van der Waals surface area contributed by atoms with E-state index < -0.39 is 34.5 Å². The predicted octanol–water partition coefficient (Wildman–Crippen LogP) is 1.92. The first-order chi connectivity index (χ1) is 6.91. The Morgan fingerprint density at radius 3 is 2.53 bits per heavy atom. The lowest BCUT2D eigenvalue weighted by atomic mass is 10.2. The molecule has 0 aromatic heterocycles. The van der Waals surface area contributed by atoms with Gasteiger partial charge in [-0.25, -0.2) is 4.39 Å². The second-order valence-electron chi connectivity index (χ2n) is 2.48. The lowest BCUT2D eigenvalue weighted by Crippen LogP contribution is -2.06. The summed E-state index contributed by atoms with van der Waals surface area (Å²) in [5.41, 5.74) is 3.64. The highest BCUT2D eigenvalue weighted by atomic mass is 19.3. The number of hydrogen-bond donors (Lipinski definition) is 1. The molecule has 0 aliphatic carbocycles. The molecule has 0 atom stereocenters. The third-order valence-corrected chi connectivity index (χ3v) is 1.49. The van der Waals surface area contributed by atoms with Crippen molar-refractivity contribution >= 4 is 11.4 Å². The molecule has 0 saturated heterocycles. The van der Waals surface area contributed by atoms with Crippen LogP contribution in [0.3, 0.4) is 0 Å². The van der Waals surface area contributed by atoms with E-state index in [-0.39, 0.29) is 0 Å². The number of nitro groups is 1. The van der Waals surface area contributed by atoms with E-state index in [9.17, 15) is 23.3 Å². The molecular formula is C7H5F3N2O3. The standard InChI is InChI=1S/C7H5F3N2O3/c8-3-1-5(12(13)14)6(2-4(3)11)15-7(9)10/h1-2,7H,11H2. The largest absolute Gasteiger partial charge is 0.427 e. The van der Waals surface area contributed by atoms with E-state index in [1.165, 1.54) is 0 Å². The molecule has 0 heterocycles. The van der Waals surface area contributed by atoms with E-state index in [0.29, 0.717) is 12.1 Å². The molecule has 0 aliphatic heterocycles. The summed E-state index contributed by atoms with van der Waals surface area (Å²) in [6.07, 6.45) is 0. The fourth-order valence-electron chi connectivity index (χ4n) is 0.892. The van der Waals surface area contributed by atoms with Crippen molar-refractivity contribution in [1.29, 1.82) is 0 Å². The molecule has 0 unspecified atom stereocenters. The van der Waals surface area contributed by atoms with Gasteiger partial charge in [0.2, 0.25) is 5.75 Å². The maximum atomic E-state index is 12.8. The van der Waals surface area contributed by atoms with E-state index in [2.05, 4.69) is 4.74 Å². The summed E-state index contributed by atoms with van der Waals surface area (Å²) in [6, 6.07) is 1.06. The molecule has 8 heteroatoms. The van der Waals surface area contributed by atoms with Crippen LogP contribution in [0.15, 0.2) is 12.1 Å². The molecule has 0 amide bonds. The van der Waals surface area contributed by atoms with Crippen LogP contribution in [-0.4, -0.2) is 11.5 Å². The van der Waals surface area contributed by atoms with E-state index >= 15 is 0 Å². The van der Waals surface area contributed by atoms with Crippen molar-refractivity contribution in [1.82, 2.24) is 0 Å². The minimum absolute atomic E-state index is 0.424. The monoisotopic (exact) mass is 222 g/mol. The molecule has 15 heavy (non-hydrogen) atoms. The van der Waals surface area contributed by atoms with Gasteiger partial charge in [-0.1, -0.05) is 0 Å². The number of nitrogens with two attached hydrogens (primary N) is 1. The van der Waals surface area contributed by atoms with Crippen LogP contribution in [0.4, 0.5) is 24.5 Å². The van der Waals surface area contributed by atoms with Crippen LogP contribution in [0.5, 0.6) is 5.75 Å². The number of nitrogens with zero attached hydrogens (tertiary/aromatic N) is 1. The quantitative estimate of drug-likeness (QED) is 0.481. The fourth-order valence-corrected chi connectivity index (χ4v) is 0.892. The minimum Gasteiger partial charge on any atom is -0.427 e. The molecule has 1 rings (SSSR count). The van der Waals surface area contributed by atoms with Crippen molar-refractivity contribution in [2.24, 2.45) is 0 Å². The van der Waals surface area contributed by atoms with Crippen LogP contribution in [0.2, 0.25) is 0 Å². The van der Waals surface area contributed by atoms with Crippen LogP contribution >= 0.6 is 0 Å². The van der Waals surface area contributed by atoms with Gasteiger partial charge in [-0.3, -0.25) is 10.1 Å². The number of ether oxygens (including phenoxy) is 1. The van der Waals surface area contributed by atoms with Crippen LogP contribution in [0.1, 0.15) is 0 Å². The molecule has 0 spiro atoms. The summed E-state index contributed by atoms with van der Waals surface area (Å²) in [7, 11) is 0. The van der Waals surface area contributed by atoms with Gasteiger partial charge in [-0.15, -0.1) is 0 Å². The number of benzene rings is 1. The normalized spacial score (nSPS) is 10.4. The summed E-state index contributed by atoms with van der Waals surface area (Å²) in [5, 5.41) is 10.3. The highest BCUT2D eigenvalue weighted by Gasteiger charge is 2.21. The molecule has 2 N–H and O–H groups in total. The van der Waals surface area contributed by atoms with Gasteiger partial charge >= 0.3 is 12.3 Å². The average molecular weight is 222 g/mol. The number of halogens is 3. The Bertz CT molecular complexity index is 397. The van der Waals surface area contributed by atoms with Gasteiger partial charge in [0, 0.05) is 6.07 Å². The van der Waals surface area contributed by atoms with Gasteiger partial charge in [0.25, 0.3) is 0 Å². The maximum Gasteiger partial charge on any atom is 0.387 e. The second-order valence-corrected chi connectivity index (χ2v) is 2.48. The zero-order valence-electron chi connectivity index (χ0n) is 7.12. The van der Waals surface area contributed by atoms with Gasteiger partial charge in [-0.2, -0.15) is 8.78 Å². The van der Waals surface area contributed by atoms with E-state index in [1.54, 1.807) is 0 Å². The molecular weight excluding hydrogens is 217 g/mol. The van der Waals surface area contributed by atoms with Crippen molar-refractivity contribution in [3.05, 3.63) is 28.1 Å². The molecule has 0 aliphatic rings. The Morgan fingerprint density at radius 1 is 1.47 bits per heavy atom. The summed E-state index contributed by atoms with van der Waals surface area (Å²) >= 11 is 0. The summed E-state index contributed by atoms with van der Waals surface area (Å²) in [4.78, 5) is 9.30. The first-order valence-corrected chi connectivity index (χ1v) is 3.60. The first-order valence-electron chi connectivity index (χ1n) is 3.60. The molecule has 0 saturated carbocycles. The summed E-state index contributed by atoms with van der Waals surface area (Å²) in [5.74, 6) is -1.84. The zero-order valence-corrected chi connectivity index (χ0v) is 7.12. The van der Waals surface area contributed by atoms with Gasteiger partial charge < -0.3 is 10.5 Å². The molecule has 82 valence electrons. The van der Waals surface area contributed by atoms with Crippen LogP contribution in [0.25, 0.3) is 0 Å². The molecule has 0 fully saturated rings. The summed E-state index contributed by atoms with van der Waals surface area (Å²) < 4.78 is 40.2. The van der Waals surface area contributed by atoms with Gasteiger partial charge in [-0.05, 0) is 0 Å². The van der Waals surface area contributed by atoms with E-state index in [1.807, 2.05) is 0 Å². The third-order valence-electron chi connectivity index (χ3n) is 1.49. The smallest absolute Gasteiger partial charge is 0.387 e. The number of hydrogen-bond acceptors (Lipinski definition) is 4. The summed E-state index contributed by atoms with van der Waals surface area (Å²) in [6.45, 7) is -3.24. The lowest BCUT2D eigenvalue weighted by Gasteiger charge is -2.06. The highest BCUT2D eigenvalue weighted by Crippen LogP contribution is 2.32. The second kappa shape index (κ2) is 4.03. The van der Waals surface area contributed by atoms with Gasteiger partial charge in [0.15, 0.2) is 5.82 Å². The highest BCUT2D eigenvalue weighted by molar-refractivity contribution is 5.56. The number of nitro benzene ring substituents is 1. The van der Waals surface area contributed by atoms with Crippen LogP contribution < -0.4 is 10.5 Å². The Kier molecular flexibility index (Phi) is 2.98. The Morgan fingerprint density at radius 2 is 2.07 bits per heavy atom. The topological polar surface area (TPSA) is 78.4 Å². The lowest BCUT2D eigenvalue weighted by molar-refractivity contribution is -0.386. The van der Waals surface area contributed by atoms with Crippen molar-refractivity contribution in [3.63, 3.8) is 0 Å².